The Labute approximate surface area is 120 Å². The molecule has 0 saturated heterocycles. The van der Waals surface area contributed by atoms with Crippen molar-refractivity contribution in [3.05, 3.63) is 65.5 Å². The van der Waals surface area contributed by atoms with Crippen LogP contribution in [0.1, 0.15) is 31.0 Å². The molecule has 2 nitrogen and oxygen atoms in total. The summed E-state index contributed by atoms with van der Waals surface area (Å²) in [6.45, 7) is 5.44. The second-order valence-corrected chi connectivity index (χ2v) is 4.96. The molecule has 20 heavy (non-hydrogen) atoms. The van der Waals surface area contributed by atoms with E-state index in [1.54, 1.807) is 6.07 Å². The normalized spacial score (nSPS) is 12.2. The molecule has 0 heterocycles. The number of rotatable bonds is 5. The van der Waals surface area contributed by atoms with Crippen LogP contribution in [0.2, 0.25) is 0 Å². The molecule has 0 bridgehead atoms. The number of anilines is 1. The van der Waals surface area contributed by atoms with Gasteiger partial charge in [0.1, 0.15) is 5.82 Å². The molecule has 2 aromatic carbocycles. The monoisotopic (exact) mass is 272 g/mol. The van der Waals surface area contributed by atoms with Gasteiger partial charge < -0.3 is 10.6 Å². The molecule has 0 spiro atoms. The van der Waals surface area contributed by atoms with E-state index in [9.17, 15) is 4.39 Å². The summed E-state index contributed by atoms with van der Waals surface area (Å²) in [5.74, 6) is -0.232. The van der Waals surface area contributed by atoms with Crippen molar-refractivity contribution in [2.75, 3.05) is 11.4 Å². The van der Waals surface area contributed by atoms with Gasteiger partial charge in [-0.15, -0.1) is 0 Å². The van der Waals surface area contributed by atoms with Crippen LogP contribution in [0.5, 0.6) is 0 Å². The fraction of sp³-hybridized carbons (Fsp3) is 0.294. The number of benzene rings is 2. The minimum atomic E-state index is -0.323. The van der Waals surface area contributed by atoms with Crippen molar-refractivity contribution >= 4 is 5.69 Å². The average Bonchev–Trinajstić information content (AvgIpc) is 2.45. The Kier molecular flexibility index (Phi) is 4.74. The lowest BCUT2D eigenvalue weighted by atomic mass is 10.0. The van der Waals surface area contributed by atoms with Gasteiger partial charge >= 0.3 is 0 Å². The summed E-state index contributed by atoms with van der Waals surface area (Å²) >= 11 is 0. The summed E-state index contributed by atoms with van der Waals surface area (Å²) in [6.07, 6.45) is 0. The van der Waals surface area contributed by atoms with Gasteiger partial charge in [0, 0.05) is 30.4 Å². The zero-order valence-electron chi connectivity index (χ0n) is 12.0. The highest BCUT2D eigenvalue weighted by molar-refractivity contribution is 5.55. The first-order chi connectivity index (χ1) is 9.63. The predicted octanol–water partition coefficient (Wildman–Crippen LogP) is 3.87. The van der Waals surface area contributed by atoms with Crippen molar-refractivity contribution in [3.8, 4) is 0 Å². The van der Waals surface area contributed by atoms with Crippen LogP contribution in [0.4, 0.5) is 10.1 Å². The molecule has 0 saturated carbocycles. The third-order valence-electron chi connectivity index (χ3n) is 3.42. The SMILES string of the molecule is CCN(Cc1ccccc1)c1cccc(F)c1[C@@H](C)N. The molecule has 106 valence electrons. The van der Waals surface area contributed by atoms with Gasteiger partial charge in [-0.1, -0.05) is 36.4 Å². The van der Waals surface area contributed by atoms with E-state index >= 15 is 0 Å². The van der Waals surface area contributed by atoms with Crippen molar-refractivity contribution in [1.29, 1.82) is 0 Å². The van der Waals surface area contributed by atoms with E-state index in [0.717, 1.165) is 18.8 Å². The molecule has 0 aliphatic rings. The van der Waals surface area contributed by atoms with Crippen molar-refractivity contribution in [1.82, 2.24) is 0 Å². The highest BCUT2D eigenvalue weighted by atomic mass is 19.1. The molecular formula is C17H21FN2. The van der Waals surface area contributed by atoms with Crippen molar-refractivity contribution in [2.24, 2.45) is 5.73 Å². The van der Waals surface area contributed by atoms with Crippen LogP contribution in [0.3, 0.4) is 0 Å². The molecule has 2 rings (SSSR count). The summed E-state index contributed by atoms with van der Waals surface area (Å²) in [6, 6.07) is 15.0. The van der Waals surface area contributed by atoms with Crippen LogP contribution in [0.25, 0.3) is 0 Å². The van der Waals surface area contributed by atoms with Gasteiger partial charge in [0.2, 0.25) is 0 Å². The largest absolute Gasteiger partial charge is 0.367 e. The van der Waals surface area contributed by atoms with Gasteiger partial charge in [-0.05, 0) is 31.5 Å². The molecule has 0 amide bonds. The quantitative estimate of drug-likeness (QED) is 0.895. The van der Waals surface area contributed by atoms with Gasteiger partial charge in [0.15, 0.2) is 0 Å². The second-order valence-electron chi connectivity index (χ2n) is 4.96. The zero-order valence-corrected chi connectivity index (χ0v) is 12.0. The Hall–Kier alpha value is -1.87. The number of hydrogen-bond donors (Lipinski definition) is 1. The maximum atomic E-state index is 14.0. The minimum absolute atomic E-state index is 0.232. The van der Waals surface area contributed by atoms with E-state index in [0.29, 0.717) is 5.56 Å². The highest BCUT2D eigenvalue weighted by Crippen LogP contribution is 2.28. The molecule has 3 heteroatoms. The first-order valence-electron chi connectivity index (χ1n) is 6.96. The third-order valence-corrected chi connectivity index (χ3v) is 3.42. The smallest absolute Gasteiger partial charge is 0.130 e. The Balaban J connectivity index is 2.35. The summed E-state index contributed by atoms with van der Waals surface area (Å²) in [5, 5.41) is 0. The van der Waals surface area contributed by atoms with Crippen LogP contribution >= 0.6 is 0 Å². The standard InChI is InChI=1S/C17H21FN2/c1-3-20(12-14-8-5-4-6-9-14)16-11-7-10-15(18)17(16)13(2)19/h4-11,13H,3,12,19H2,1-2H3/t13-/m1/s1. The first kappa shape index (κ1) is 14.5. The van der Waals surface area contributed by atoms with Gasteiger partial charge in [-0.2, -0.15) is 0 Å². The molecule has 0 aliphatic carbocycles. The fourth-order valence-corrected chi connectivity index (χ4v) is 2.42. The van der Waals surface area contributed by atoms with Crippen LogP contribution in [0, 0.1) is 5.82 Å². The molecule has 0 aliphatic heterocycles. The van der Waals surface area contributed by atoms with Gasteiger partial charge in [-0.3, -0.25) is 0 Å². The maximum absolute atomic E-state index is 14.0. The summed E-state index contributed by atoms with van der Waals surface area (Å²) in [4.78, 5) is 2.15. The number of halogens is 1. The van der Waals surface area contributed by atoms with Gasteiger partial charge in [0.25, 0.3) is 0 Å². The topological polar surface area (TPSA) is 29.3 Å². The lowest BCUT2D eigenvalue weighted by molar-refractivity contribution is 0.591. The maximum Gasteiger partial charge on any atom is 0.130 e. The van der Waals surface area contributed by atoms with Crippen LogP contribution in [-0.2, 0) is 6.54 Å². The molecule has 2 aromatic rings. The zero-order chi connectivity index (χ0) is 14.5. The Morgan fingerprint density at radius 3 is 2.40 bits per heavy atom. The number of nitrogens with two attached hydrogens (primary N) is 1. The second kappa shape index (κ2) is 6.53. The molecule has 0 aromatic heterocycles. The van der Waals surface area contributed by atoms with E-state index in [1.807, 2.05) is 31.2 Å². The summed E-state index contributed by atoms with van der Waals surface area (Å²) in [7, 11) is 0. The van der Waals surface area contributed by atoms with Crippen molar-refractivity contribution in [2.45, 2.75) is 26.4 Å². The van der Waals surface area contributed by atoms with Crippen LogP contribution < -0.4 is 10.6 Å². The van der Waals surface area contributed by atoms with E-state index < -0.39 is 0 Å². The van der Waals surface area contributed by atoms with Crippen molar-refractivity contribution < 1.29 is 4.39 Å². The number of nitrogens with zero attached hydrogens (tertiary/aromatic N) is 1. The average molecular weight is 272 g/mol. The molecule has 1 atom stereocenters. The van der Waals surface area contributed by atoms with E-state index in [2.05, 4.69) is 24.0 Å². The third kappa shape index (κ3) is 3.17. The Morgan fingerprint density at radius 2 is 1.80 bits per heavy atom. The predicted molar refractivity (Wildman–Crippen MR) is 82.2 cm³/mol. The molecule has 0 unspecified atom stereocenters. The fourth-order valence-electron chi connectivity index (χ4n) is 2.42. The molecule has 2 N–H and O–H groups in total. The van der Waals surface area contributed by atoms with E-state index in [1.165, 1.54) is 11.6 Å². The van der Waals surface area contributed by atoms with Crippen LogP contribution in [-0.4, -0.2) is 6.54 Å². The van der Waals surface area contributed by atoms with Gasteiger partial charge in [-0.25, -0.2) is 4.39 Å². The summed E-state index contributed by atoms with van der Waals surface area (Å²) in [5.41, 5.74) is 8.61. The lowest BCUT2D eigenvalue weighted by Gasteiger charge is -2.27. The van der Waals surface area contributed by atoms with Gasteiger partial charge in [0.05, 0.1) is 0 Å². The van der Waals surface area contributed by atoms with Crippen LogP contribution in [0.15, 0.2) is 48.5 Å². The molecule has 0 radical (unpaired) electrons. The molecular weight excluding hydrogens is 251 g/mol. The van der Waals surface area contributed by atoms with E-state index in [-0.39, 0.29) is 11.9 Å². The first-order valence-corrected chi connectivity index (χ1v) is 6.96. The highest BCUT2D eigenvalue weighted by Gasteiger charge is 2.16. The van der Waals surface area contributed by atoms with E-state index in [4.69, 9.17) is 5.73 Å². The molecule has 0 fully saturated rings. The number of hydrogen-bond acceptors (Lipinski definition) is 2. The Bertz CT molecular complexity index is 552. The summed E-state index contributed by atoms with van der Waals surface area (Å²) < 4.78 is 14.0. The lowest BCUT2D eigenvalue weighted by Crippen LogP contribution is -2.25. The minimum Gasteiger partial charge on any atom is -0.367 e. The Morgan fingerprint density at radius 1 is 1.10 bits per heavy atom. The van der Waals surface area contributed by atoms with Crippen molar-refractivity contribution in [3.63, 3.8) is 0 Å².